The molecule has 2 nitrogen and oxygen atoms in total. The summed E-state index contributed by atoms with van der Waals surface area (Å²) in [4.78, 5) is 10.4. The molecule has 1 N–H and O–H groups in total. The molecule has 154 valence electrons. The molecule has 0 aromatic rings. The first-order valence-electron chi connectivity index (χ1n) is 11.4. The van der Waals surface area contributed by atoms with E-state index in [1.54, 1.807) is 0 Å². The van der Waals surface area contributed by atoms with Crippen LogP contribution in [0.1, 0.15) is 117 Å². The van der Waals surface area contributed by atoms with Crippen molar-refractivity contribution in [2.45, 2.75) is 135 Å². The lowest BCUT2D eigenvalue weighted by atomic mass is 9.92. The third kappa shape index (κ3) is 12.9. The molecule has 0 radical (unpaired) electrons. The van der Waals surface area contributed by atoms with Gasteiger partial charge >= 0.3 is 0 Å². The molecular weight excluding hydrogens is 334 g/mol. The Hall–Kier alpha value is -0.333. The minimum atomic E-state index is -2.20. The molecule has 0 aromatic heterocycles. The summed E-state index contributed by atoms with van der Waals surface area (Å²) in [6.45, 7) is 10.5. The largest absolute Gasteiger partial charge is 0.432 e. The highest BCUT2D eigenvalue weighted by Crippen LogP contribution is 2.42. The highest BCUT2D eigenvalue weighted by molar-refractivity contribution is 6.72. The van der Waals surface area contributed by atoms with Crippen molar-refractivity contribution in [1.29, 1.82) is 5.26 Å². The first-order chi connectivity index (χ1) is 12.2. The standard InChI is InChI=1S/C23H47NOSi/c1-6-7-8-9-10-11-12-13-14-15-16-17-18-19-22(21-24)20-23(2,3)26(4,5)25/h22,25H,6-20H2,1-5H3. The van der Waals surface area contributed by atoms with Crippen LogP contribution < -0.4 is 0 Å². The van der Waals surface area contributed by atoms with E-state index in [1.807, 2.05) is 13.1 Å². The van der Waals surface area contributed by atoms with E-state index < -0.39 is 8.32 Å². The highest BCUT2D eigenvalue weighted by Gasteiger charge is 2.39. The van der Waals surface area contributed by atoms with Gasteiger partial charge in [-0.3, -0.25) is 0 Å². The summed E-state index contributed by atoms with van der Waals surface area (Å²) in [6.07, 6.45) is 19.6. The second kappa shape index (κ2) is 14.7. The van der Waals surface area contributed by atoms with Gasteiger partial charge in [-0.1, -0.05) is 104 Å². The van der Waals surface area contributed by atoms with Crippen molar-refractivity contribution in [3.05, 3.63) is 0 Å². The number of nitrogens with zero attached hydrogens (tertiary/aromatic N) is 1. The number of rotatable bonds is 17. The summed E-state index contributed by atoms with van der Waals surface area (Å²) in [5, 5.41) is 9.35. The quantitative estimate of drug-likeness (QED) is 0.205. The fraction of sp³-hybridized carbons (Fsp3) is 0.957. The highest BCUT2D eigenvalue weighted by atomic mass is 28.4. The Morgan fingerprint density at radius 2 is 1.19 bits per heavy atom. The molecule has 0 fully saturated rings. The SMILES string of the molecule is CCCCCCCCCCCCCCCC(C#N)CC(C)(C)[Si](C)(C)O. The second-order valence-corrected chi connectivity index (χ2v) is 14.0. The van der Waals surface area contributed by atoms with Crippen LogP contribution in [-0.4, -0.2) is 13.1 Å². The van der Waals surface area contributed by atoms with Crippen molar-refractivity contribution in [1.82, 2.24) is 0 Å². The molecule has 0 saturated carbocycles. The van der Waals surface area contributed by atoms with Crippen molar-refractivity contribution in [2.75, 3.05) is 0 Å². The molecule has 0 amide bonds. The monoisotopic (exact) mass is 381 g/mol. The van der Waals surface area contributed by atoms with Gasteiger partial charge in [0.25, 0.3) is 0 Å². The van der Waals surface area contributed by atoms with Crippen molar-refractivity contribution in [2.24, 2.45) is 5.92 Å². The Bertz CT molecular complexity index is 367. The summed E-state index contributed by atoms with van der Waals surface area (Å²) in [6, 6.07) is 2.48. The fourth-order valence-corrected chi connectivity index (χ4v) is 4.23. The van der Waals surface area contributed by atoms with E-state index in [0.29, 0.717) is 0 Å². The van der Waals surface area contributed by atoms with E-state index in [0.717, 1.165) is 12.8 Å². The Balaban J connectivity index is 3.58. The van der Waals surface area contributed by atoms with Crippen LogP contribution in [0.2, 0.25) is 18.1 Å². The molecular formula is C23H47NOSi. The van der Waals surface area contributed by atoms with Crippen LogP contribution in [-0.2, 0) is 0 Å². The van der Waals surface area contributed by atoms with Gasteiger partial charge in [0.1, 0.15) is 0 Å². The molecule has 0 spiro atoms. The zero-order chi connectivity index (χ0) is 19.9. The summed E-state index contributed by atoms with van der Waals surface area (Å²) in [5.74, 6) is 0.108. The lowest BCUT2D eigenvalue weighted by molar-refractivity contribution is 0.394. The van der Waals surface area contributed by atoms with E-state index in [-0.39, 0.29) is 11.0 Å². The van der Waals surface area contributed by atoms with Gasteiger partial charge in [0.2, 0.25) is 0 Å². The molecule has 0 aliphatic rings. The van der Waals surface area contributed by atoms with Crippen LogP contribution in [0.4, 0.5) is 0 Å². The van der Waals surface area contributed by atoms with Gasteiger partial charge in [0.15, 0.2) is 8.32 Å². The molecule has 0 saturated heterocycles. The lowest BCUT2D eigenvalue weighted by Crippen LogP contribution is -2.40. The summed E-state index contributed by atoms with van der Waals surface area (Å²) in [7, 11) is -2.20. The fourth-order valence-electron chi connectivity index (χ4n) is 3.49. The van der Waals surface area contributed by atoms with Crippen LogP contribution >= 0.6 is 0 Å². The summed E-state index contributed by atoms with van der Waals surface area (Å²) >= 11 is 0. The molecule has 0 bridgehead atoms. The minimum Gasteiger partial charge on any atom is -0.432 e. The molecule has 0 aromatic carbocycles. The van der Waals surface area contributed by atoms with Crippen LogP contribution in [0.3, 0.4) is 0 Å². The average Bonchev–Trinajstić information content (AvgIpc) is 2.56. The Kier molecular flexibility index (Phi) is 14.5. The molecule has 0 aliphatic heterocycles. The van der Waals surface area contributed by atoms with E-state index >= 15 is 0 Å². The number of hydrogen-bond donors (Lipinski definition) is 1. The Labute approximate surface area is 165 Å². The number of unbranched alkanes of at least 4 members (excludes halogenated alkanes) is 12. The van der Waals surface area contributed by atoms with E-state index in [2.05, 4.69) is 26.8 Å². The Morgan fingerprint density at radius 3 is 1.54 bits per heavy atom. The van der Waals surface area contributed by atoms with Gasteiger partial charge < -0.3 is 4.80 Å². The maximum Gasteiger partial charge on any atom is 0.188 e. The molecule has 3 heteroatoms. The van der Waals surface area contributed by atoms with Gasteiger partial charge in [-0.2, -0.15) is 5.26 Å². The second-order valence-electron chi connectivity index (χ2n) is 9.50. The molecule has 0 aliphatic carbocycles. The molecule has 26 heavy (non-hydrogen) atoms. The molecule has 1 unspecified atom stereocenters. The average molecular weight is 382 g/mol. The number of hydrogen-bond acceptors (Lipinski definition) is 2. The molecule has 0 heterocycles. The predicted octanol–water partition coefficient (Wildman–Crippen LogP) is 7.98. The van der Waals surface area contributed by atoms with E-state index in [1.165, 1.54) is 83.5 Å². The minimum absolute atomic E-state index is 0.0794. The third-order valence-electron chi connectivity index (χ3n) is 6.25. The molecule has 0 rings (SSSR count). The van der Waals surface area contributed by atoms with Gasteiger partial charge in [0, 0.05) is 5.92 Å². The van der Waals surface area contributed by atoms with Crippen LogP contribution in [0.15, 0.2) is 0 Å². The first kappa shape index (κ1) is 25.7. The topological polar surface area (TPSA) is 44.0 Å². The van der Waals surface area contributed by atoms with Gasteiger partial charge in [-0.05, 0) is 31.0 Å². The smallest absolute Gasteiger partial charge is 0.188 e. The van der Waals surface area contributed by atoms with Gasteiger partial charge in [0.05, 0.1) is 6.07 Å². The zero-order valence-electron chi connectivity index (χ0n) is 18.6. The van der Waals surface area contributed by atoms with Gasteiger partial charge in [-0.25, -0.2) is 0 Å². The van der Waals surface area contributed by atoms with Crippen LogP contribution in [0.5, 0.6) is 0 Å². The normalized spacial score (nSPS) is 13.6. The van der Waals surface area contributed by atoms with E-state index in [9.17, 15) is 10.1 Å². The van der Waals surface area contributed by atoms with Crippen molar-refractivity contribution >= 4 is 8.32 Å². The van der Waals surface area contributed by atoms with Crippen molar-refractivity contribution in [3.8, 4) is 6.07 Å². The zero-order valence-corrected chi connectivity index (χ0v) is 19.6. The predicted molar refractivity (Wildman–Crippen MR) is 118 cm³/mol. The van der Waals surface area contributed by atoms with Crippen molar-refractivity contribution in [3.63, 3.8) is 0 Å². The lowest BCUT2D eigenvalue weighted by Gasteiger charge is -2.36. The maximum absolute atomic E-state index is 10.4. The maximum atomic E-state index is 10.4. The summed E-state index contributed by atoms with van der Waals surface area (Å²) in [5.41, 5.74) is 0. The summed E-state index contributed by atoms with van der Waals surface area (Å²) < 4.78 is 0. The molecule has 1 atom stereocenters. The number of nitriles is 1. The Morgan fingerprint density at radius 1 is 0.808 bits per heavy atom. The van der Waals surface area contributed by atoms with Crippen LogP contribution in [0.25, 0.3) is 0 Å². The van der Waals surface area contributed by atoms with Gasteiger partial charge in [-0.15, -0.1) is 0 Å². The van der Waals surface area contributed by atoms with Crippen molar-refractivity contribution < 1.29 is 4.80 Å². The van der Waals surface area contributed by atoms with E-state index in [4.69, 9.17) is 0 Å². The van der Waals surface area contributed by atoms with Crippen LogP contribution in [0, 0.1) is 17.2 Å². The first-order valence-corrected chi connectivity index (χ1v) is 14.3. The third-order valence-corrected chi connectivity index (χ3v) is 9.77.